The van der Waals surface area contributed by atoms with Crippen LogP contribution in [0.3, 0.4) is 0 Å². The molecule has 1 saturated heterocycles. The summed E-state index contributed by atoms with van der Waals surface area (Å²) in [5, 5.41) is 0. The number of halogens is 1. The molecule has 6 nitrogen and oxygen atoms in total. The van der Waals surface area contributed by atoms with Gasteiger partial charge in [-0.1, -0.05) is 30.3 Å². The van der Waals surface area contributed by atoms with Crippen molar-refractivity contribution in [1.29, 1.82) is 0 Å². The molecule has 0 saturated carbocycles. The first-order valence-electron chi connectivity index (χ1n) is 11.3. The van der Waals surface area contributed by atoms with Gasteiger partial charge in [0.05, 0.1) is 12.5 Å². The normalized spacial score (nSPS) is 17.5. The van der Waals surface area contributed by atoms with Crippen LogP contribution in [0.5, 0.6) is 0 Å². The molecule has 5 rings (SSSR count). The van der Waals surface area contributed by atoms with Gasteiger partial charge in [0, 0.05) is 29.9 Å². The summed E-state index contributed by atoms with van der Waals surface area (Å²) in [6, 6.07) is 15.4. The summed E-state index contributed by atoms with van der Waals surface area (Å²) in [7, 11) is 0. The second kappa shape index (κ2) is 8.73. The Morgan fingerprint density at radius 1 is 1.09 bits per heavy atom. The Labute approximate surface area is 192 Å². The smallest absolute Gasteiger partial charge is 0.254 e. The van der Waals surface area contributed by atoms with E-state index in [0.717, 1.165) is 29.7 Å². The Bertz CT molecular complexity index is 1200. The van der Waals surface area contributed by atoms with Crippen LogP contribution in [-0.4, -0.2) is 39.8 Å². The number of amides is 2. The van der Waals surface area contributed by atoms with Crippen LogP contribution in [-0.2, 0) is 17.6 Å². The highest BCUT2D eigenvalue weighted by Gasteiger charge is 2.36. The minimum Gasteiger partial charge on any atom is -0.328 e. The van der Waals surface area contributed by atoms with Crippen LogP contribution in [0, 0.1) is 12.7 Å². The zero-order chi connectivity index (χ0) is 22.9. The number of aromatic nitrogens is 2. The minimum atomic E-state index is -0.277. The van der Waals surface area contributed by atoms with Crippen molar-refractivity contribution in [3.63, 3.8) is 0 Å². The molecule has 168 valence electrons. The molecular formula is C26H25FN4O2. The lowest BCUT2D eigenvalue weighted by Gasteiger charge is -2.25. The van der Waals surface area contributed by atoms with E-state index >= 15 is 0 Å². The second-order valence-corrected chi connectivity index (χ2v) is 8.59. The molecule has 3 aromatic rings. The van der Waals surface area contributed by atoms with Gasteiger partial charge in [0.2, 0.25) is 5.91 Å². The number of carbonyl (C=O) groups is 2. The molecule has 1 unspecified atom stereocenters. The monoisotopic (exact) mass is 444 g/mol. The van der Waals surface area contributed by atoms with Gasteiger partial charge in [-0.05, 0) is 56.0 Å². The Balaban J connectivity index is 1.41. The zero-order valence-electron chi connectivity index (χ0n) is 18.5. The fraction of sp³-hybridized carbons (Fsp3) is 0.308. The van der Waals surface area contributed by atoms with Crippen LogP contribution >= 0.6 is 0 Å². The van der Waals surface area contributed by atoms with E-state index in [-0.39, 0.29) is 30.1 Å². The predicted molar refractivity (Wildman–Crippen MR) is 122 cm³/mol. The highest BCUT2D eigenvalue weighted by atomic mass is 19.1. The first-order valence-corrected chi connectivity index (χ1v) is 11.3. The SMILES string of the molecule is Cc1nc(C2CCCN2C(=O)c2ccccc2)nc2c1CC(=O)N2CCc1ccc(F)cc1. The summed E-state index contributed by atoms with van der Waals surface area (Å²) in [5.41, 5.74) is 3.24. The van der Waals surface area contributed by atoms with E-state index in [4.69, 9.17) is 9.97 Å². The third-order valence-electron chi connectivity index (χ3n) is 6.46. The molecule has 0 spiro atoms. The van der Waals surface area contributed by atoms with Gasteiger partial charge in [0.1, 0.15) is 11.6 Å². The molecule has 3 heterocycles. The molecule has 0 bridgehead atoms. The van der Waals surface area contributed by atoms with Crippen LogP contribution in [0.15, 0.2) is 54.6 Å². The van der Waals surface area contributed by atoms with Gasteiger partial charge in [-0.25, -0.2) is 14.4 Å². The standard InChI is InChI=1S/C26H25FN4O2/c1-17-21-16-23(32)31(15-13-18-9-11-20(27)12-10-18)25(21)29-24(28-17)22-8-5-14-30(22)26(33)19-6-3-2-4-7-19/h2-4,6-7,9-12,22H,5,8,13-16H2,1H3. The summed E-state index contributed by atoms with van der Waals surface area (Å²) in [5.74, 6) is 0.924. The maximum atomic E-state index is 13.2. The largest absolute Gasteiger partial charge is 0.328 e. The number of anilines is 1. The molecule has 0 radical (unpaired) electrons. The van der Waals surface area contributed by atoms with Crippen molar-refractivity contribution in [2.24, 2.45) is 0 Å². The number of aryl methyl sites for hydroxylation is 1. The summed E-state index contributed by atoms with van der Waals surface area (Å²) in [6.45, 7) is 3.02. The highest BCUT2D eigenvalue weighted by Crippen LogP contribution is 2.35. The van der Waals surface area contributed by atoms with Gasteiger partial charge in [-0.15, -0.1) is 0 Å². The minimum absolute atomic E-state index is 0.00898. The van der Waals surface area contributed by atoms with Crippen molar-refractivity contribution in [1.82, 2.24) is 14.9 Å². The van der Waals surface area contributed by atoms with Crippen molar-refractivity contribution in [3.05, 3.63) is 88.6 Å². The Kier molecular flexibility index (Phi) is 5.62. The fourth-order valence-electron chi connectivity index (χ4n) is 4.69. The van der Waals surface area contributed by atoms with E-state index in [1.54, 1.807) is 17.0 Å². The number of hydrogen-bond acceptors (Lipinski definition) is 4. The molecule has 2 aromatic carbocycles. The van der Waals surface area contributed by atoms with Crippen LogP contribution < -0.4 is 4.90 Å². The van der Waals surface area contributed by atoms with Crippen molar-refractivity contribution in [2.45, 2.75) is 38.6 Å². The number of rotatable bonds is 5. The van der Waals surface area contributed by atoms with E-state index in [9.17, 15) is 14.0 Å². The predicted octanol–water partition coefficient (Wildman–Crippen LogP) is 4.03. The third-order valence-corrected chi connectivity index (χ3v) is 6.46. The number of likely N-dealkylation sites (tertiary alicyclic amines) is 1. The molecule has 0 N–H and O–H groups in total. The molecule has 1 fully saturated rings. The molecular weight excluding hydrogens is 419 g/mol. The number of carbonyl (C=O) groups excluding carboxylic acids is 2. The van der Waals surface area contributed by atoms with E-state index in [2.05, 4.69) is 0 Å². The first kappa shape index (κ1) is 21.2. The highest BCUT2D eigenvalue weighted by molar-refractivity contribution is 6.00. The van der Waals surface area contributed by atoms with Crippen molar-refractivity contribution < 1.29 is 14.0 Å². The van der Waals surface area contributed by atoms with Gasteiger partial charge < -0.3 is 4.90 Å². The molecule has 2 aliphatic rings. The number of hydrogen-bond donors (Lipinski definition) is 0. The number of benzene rings is 2. The van der Waals surface area contributed by atoms with Crippen molar-refractivity contribution in [2.75, 3.05) is 18.0 Å². The molecule has 1 aromatic heterocycles. The van der Waals surface area contributed by atoms with Crippen LogP contribution in [0.25, 0.3) is 0 Å². The average Bonchev–Trinajstić information content (AvgIpc) is 3.44. The maximum absolute atomic E-state index is 13.2. The van der Waals surface area contributed by atoms with E-state index in [1.165, 1.54) is 12.1 Å². The molecule has 0 aliphatic carbocycles. The van der Waals surface area contributed by atoms with E-state index in [0.29, 0.717) is 36.7 Å². The van der Waals surface area contributed by atoms with Gasteiger partial charge in [-0.2, -0.15) is 0 Å². The molecule has 2 aliphatic heterocycles. The second-order valence-electron chi connectivity index (χ2n) is 8.59. The van der Waals surface area contributed by atoms with Gasteiger partial charge >= 0.3 is 0 Å². The summed E-state index contributed by atoms with van der Waals surface area (Å²) >= 11 is 0. The van der Waals surface area contributed by atoms with E-state index in [1.807, 2.05) is 42.2 Å². The van der Waals surface area contributed by atoms with E-state index < -0.39 is 0 Å². The van der Waals surface area contributed by atoms with Gasteiger partial charge in [0.15, 0.2) is 5.82 Å². The van der Waals surface area contributed by atoms with Crippen molar-refractivity contribution in [3.8, 4) is 0 Å². The zero-order valence-corrected chi connectivity index (χ0v) is 18.5. The summed E-state index contributed by atoms with van der Waals surface area (Å²) in [6.07, 6.45) is 2.56. The third kappa shape index (κ3) is 4.11. The summed E-state index contributed by atoms with van der Waals surface area (Å²) < 4.78 is 13.2. The molecule has 33 heavy (non-hydrogen) atoms. The van der Waals surface area contributed by atoms with Crippen LogP contribution in [0.2, 0.25) is 0 Å². The molecule has 1 atom stereocenters. The molecule has 2 amide bonds. The lowest BCUT2D eigenvalue weighted by Crippen LogP contribution is -2.32. The fourth-order valence-corrected chi connectivity index (χ4v) is 4.69. The van der Waals surface area contributed by atoms with Crippen molar-refractivity contribution >= 4 is 17.6 Å². The summed E-state index contributed by atoms with van der Waals surface area (Å²) in [4.78, 5) is 39.0. The van der Waals surface area contributed by atoms with Gasteiger partial charge in [0.25, 0.3) is 5.91 Å². The van der Waals surface area contributed by atoms with Crippen LogP contribution in [0.1, 0.15) is 51.9 Å². The average molecular weight is 445 g/mol. The first-order chi connectivity index (χ1) is 16.0. The van der Waals surface area contributed by atoms with Crippen LogP contribution in [0.4, 0.5) is 10.2 Å². The topological polar surface area (TPSA) is 66.4 Å². The van der Waals surface area contributed by atoms with Gasteiger partial charge in [-0.3, -0.25) is 14.5 Å². The Morgan fingerprint density at radius 3 is 2.61 bits per heavy atom. The maximum Gasteiger partial charge on any atom is 0.254 e. The quantitative estimate of drug-likeness (QED) is 0.596. The number of nitrogens with zero attached hydrogens (tertiary/aromatic N) is 4. The lowest BCUT2D eigenvalue weighted by molar-refractivity contribution is -0.117. The Hall–Kier alpha value is -3.61. The molecule has 7 heteroatoms. The Morgan fingerprint density at radius 2 is 1.85 bits per heavy atom. The number of fused-ring (bicyclic) bond motifs is 1. The lowest BCUT2D eigenvalue weighted by atomic mass is 10.1.